The van der Waals surface area contributed by atoms with Crippen LogP contribution in [0.4, 0.5) is 0 Å². The largest absolute Gasteiger partial charge is 0.473 e. The van der Waals surface area contributed by atoms with Crippen molar-refractivity contribution in [1.82, 2.24) is 15.3 Å². The second kappa shape index (κ2) is 8.42. The Kier molecular flexibility index (Phi) is 5.78. The van der Waals surface area contributed by atoms with Gasteiger partial charge in [-0.05, 0) is 49.9 Å². The van der Waals surface area contributed by atoms with E-state index >= 15 is 0 Å². The fraction of sp³-hybridized carbons (Fsp3) is 0.368. The maximum atomic E-state index is 12.4. The number of rotatable bonds is 5. The number of ether oxygens (including phenoxy) is 2. The van der Waals surface area contributed by atoms with E-state index in [4.69, 9.17) is 4.74 Å². The third kappa shape index (κ3) is 4.56. The standard InChI is InChI=1S/C19H21N3O4/c1-25-19(24)14-4-2-13(3-5-14)18(23)22-15-6-8-16(9-7-15)26-17-12-20-10-11-21-17/h2-5,10-12,15-16H,6-9H2,1H3,(H,22,23). The minimum atomic E-state index is -0.418. The number of nitrogens with one attached hydrogen (secondary N) is 1. The van der Waals surface area contributed by atoms with E-state index in [1.54, 1.807) is 42.9 Å². The van der Waals surface area contributed by atoms with Gasteiger partial charge in [0.25, 0.3) is 5.91 Å². The van der Waals surface area contributed by atoms with Crippen molar-refractivity contribution in [1.29, 1.82) is 0 Å². The zero-order valence-electron chi connectivity index (χ0n) is 14.6. The molecular formula is C19H21N3O4. The Morgan fingerprint density at radius 1 is 1.04 bits per heavy atom. The summed E-state index contributed by atoms with van der Waals surface area (Å²) in [4.78, 5) is 31.9. The fourth-order valence-corrected chi connectivity index (χ4v) is 2.99. The number of benzene rings is 1. The molecule has 0 atom stereocenters. The van der Waals surface area contributed by atoms with E-state index in [0.717, 1.165) is 25.7 Å². The molecule has 1 aromatic heterocycles. The predicted octanol–water partition coefficient (Wildman–Crippen LogP) is 2.38. The lowest BCUT2D eigenvalue weighted by Gasteiger charge is -2.29. The number of carbonyl (C=O) groups excluding carboxylic acids is 2. The van der Waals surface area contributed by atoms with Crippen LogP contribution in [-0.4, -0.2) is 41.1 Å². The lowest BCUT2D eigenvalue weighted by atomic mass is 9.92. The molecule has 3 rings (SSSR count). The van der Waals surface area contributed by atoms with Crippen molar-refractivity contribution >= 4 is 11.9 Å². The third-order valence-corrected chi connectivity index (χ3v) is 4.40. The Morgan fingerprint density at radius 2 is 1.73 bits per heavy atom. The summed E-state index contributed by atoms with van der Waals surface area (Å²) in [6.45, 7) is 0. The number of carbonyl (C=O) groups is 2. The van der Waals surface area contributed by atoms with Gasteiger partial charge in [0, 0.05) is 24.0 Å². The quantitative estimate of drug-likeness (QED) is 0.828. The number of hydrogen-bond donors (Lipinski definition) is 1. The van der Waals surface area contributed by atoms with Gasteiger partial charge in [-0.15, -0.1) is 0 Å². The van der Waals surface area contributed by atoms with Crippen molar-refractivity contribution in [2.45, 2.75) is 37.8 Å². The first-order valence-corrected chi connectivity index (χ1v) is 8.57. The molecule has 1 aromatic carbocycles. The highest BCUT2D eigenvalue weighted by Gasteiger charge is 2.24. The topological polar surface area (TPSA) is 90.4 Å². The molecule has 0 spiro atoms. The van der Waals surface area contributed by atoms with Crippen LogP contribution in [0.5, 0.6) is 5.88 Å². The zero-order chi connectivity index (χ0) is 18.4. The molecule has 0 bridgehead atoms. The predicted molar refractivity (Wildman–Crippen MR) is 94.0 cm³/mol. The van der Waals surface area contributed by atoms with Gasteiger partial charge in [0.15, 0.2) is 0 Å². The van der Waals surface area contributed by atoms with E-state index in [0.29, 0.717) is 17.0 Å². The van der Waals surface area contributed by atoms with Crippen LogP contribution >= 0.6 is 0 Å². The van der Waals surface area contributed by atoms with Crippen molar-refractivity contribution in [3.8, 4) is 5.88 Å². The monoisotopic (exact) mass is 355 g/mol. The van der Waals surface area contributed by atoms with Crippen LogP contribution in [0.3, 0.4) is 0 Å². The van der Waals surface area contributed by atoms with Crippen LogP contribution in [-0.2, 0) is 4.74 Å². The highest BCUT2D eigenvalue weighted by molar-refractivity contribution is 5.96. The molecular weight excluding hydrogens is 334 g/mol. The second-order valence-electron chi connectivity index (χ2n) is 6.18. The lowest BCUT2D eigenvalue weighted by Crippen LogP contribution is -2.39. The number of nitrogens with zero attached hydrogens (tertiary/aromatic N) is 2. The fourth-order valence-electron chi connectivity index (χ4n) is 2.99. The summed E-state index contributed by atoms with van der Waals surface area (Å²) in [6, 6.07) is 6.55. The number of aromatic nitrogens is 2. The number of methoxy groups -OCH3 is 1. The maximum Gasteiger partial charge on any atom is 0.337 e. The normalized spacial score (nSPS) is 19.4. The van der Waals surface area contributed by atoms with Crippen molar-refractivity contribution in [2.75, 3.05) is 7.11 Å². The summed E-state index contributed by atoms with van der Waals surface area (Å²) in [5.41, 5.74) is 0.946. The molecule has 136 valence electrons. The molecule has 1 amide bonds. The molecule has 1 fully saturated rings. The van der Waals surface area contributed by atoms with Gasteiger partial charge in [-0.1, -0.05) is 0 Å². The van der Waals surface area contributed by atoms with E-state index in [-0.39, 0.29) is 18.1 Å². The van der Waals surface area contributed by atoms with Crippen molar-refractivity contribution in [3.63, 3.8) is 0 Å². The molecule has 0 radical (unpaired) electrons. The minimum absolute atomic E-state index is 0.0965. The van der Waals surface area contributed by atoms with Crippen LogP contribution in [0, 0.1) is 0 Å². The molecule has 7 heteroatoms. The molecule has 26 heavy (non-hydrogen) atoms. The highest BCUT2D eigenvalue weighted by Crippen LogP contribution is 2.22. The van der Waals surface area contributed by atoms with Crippen LogP contribution in [0.15, 0.2) is 42.9 Å². The van der Waals surface area contributed by atoms with Gasteiger partial charge in [-0.2, -0.15) is 0 Å². The molecule has 1 N–H and O–H groups in total. The highest BCUT2D eigenvalue weighted by atomic mass is 16.5. The van der Waals surface area contributed by atoms with Gasteiger partial charge in [-0.3, -0.25) is 9.78 Å². The SMILES string of the molecule is COC(=O)c1ccc(C(=O)NC2CCC(Oc3cnccn3)CC2)cc1. The second-order valence-corrected chi connectivity index (χ2v) is 6.18. The summed E-state index contributed by atoms with van der Waals surface area (Å²) in [5, 5.41) is 3.04. The Hall–Kier alpha value is -2.96. The third-order valence-electron chi connectivity index (χ3n) is 4.40. The first-order chi connectivity index (χ1) is 12.7. The Bertz CT molecular complexity index is 741. The number of hydrogen-bond acceptors (Lipinski definition) is 6. The molecule has 2 aromatic rings. The average Bonchev–Trinajstić information content (AvgIpc) is 2.70. The summed E-state index contributed by atoms with van der Waals surface area (Å²) in [7, 11) is 1.33. The van der Waals surface area contributed by atoms with Crippen molar-refractivity contribution < 1.29 is 19.1 Å². The van der Waals surface area contributed by atoms with Gasteiger partial charge < -0.3 is 14.8 Å². The van der Waals surface area contributed by atoms with E-state index in [2.05, 4.69) is 20.0 Å². The molecule has 1 heterocycles. The van der Waals surface area contributed by atoms with Gasteiger partial charge >= 0.3 is 5.97 Å². The lowest BCUT2D eigenvalue weighted by molar-refractivity contribution is 0.0600. The molecule has 1 saturated carbocycles. The van der Waals surface area contributed by atoms with Crippen LogP contribution in [0.25, 0.3) is 0 Å². The van der Waals surface area contributed by atoms with Gasteiger partial charge in [0.2, 0.25) is 5.88 Å². The average molecular weight is 355 g/mol. The minimum Gasteiger partial charge on any atom is -0.473 e. The van der Waals surface area contributed by atoms with Crippen LogP contribution < -0.4 is 10.1 Å². The Morgan fingerprint density at radius 3 is 2.35 bits per heavy atom. The summed E-state index contributed by atoms with van der Waals surface area (Å²) < 4.78 is 10.5. The number of esters is 1. The Balaban J connectivity index is 1.48. The molecule has 7 nitrogen and oxygen atoms in total. The maximum absolute atomic E-state index is 12.4. The van der Waals surface area contributed by atoms with Crippen molar-refractivity contribution in [3.05, 3.63) is 54.0 Å². The summed E-state index contributed by atoms with van der Waals surface area (Å²) >= 11 is 0. The van der Waals surface area contributed by atoms with E-state index in [9.17, 15) is 9.59 Å². The molecule has 0 saturated heterocycles. The molecule has 0 unspecified atom stereocenters. The first-order valence-electron chi connectivity index (χ1n) is 8.57. The summed E-state index contributed by atoms with van der Waals surface area (Å²) in [5.74, 6) is -0.0243. The van der Waals surface area contributed by atoms with E-state index in [1.165, 1.54) is 7.11 Å². The smallest absolute Gasteiger partial charge is 0.337 e. The van der Waals surface area contributed by atoms with E-state index in [1.807, 2.05) is 0 Å². The van der Waals surface area contributed by atoms with E-state index < -0.39 is 5.97 Å². The van der Waals surface area contributed by atoms with Gasteiger partial charge in [0.1, 0.15) is 6.10 Å². The van der Waals surface area contributed by atoms with Crippen LogP contribution in [0.1, 0.15) is 46.4 Å². The molecule has 0 aliphatic heterocycles. The summed E-state index contributed by atoms with van der Waals surface area (Å²) in [6.07, 6.45) is 8.30. The number of amides is 1. The van der Waals surface area contributed by atoms with Gasteiger partial charge in [0.05, 0.1) is 18.9 Å². The van der Waals surface area contributed by atoms with Crippen LogP contribution in [0.2, 0.25) is 0 Å². The first kappa shape index (κ1) is 17.8. The zero-order valence-corrected chi connectivity index (χ0v) is 14.6. The van der Waals surface area contributed by atoms with Crippen molar-refractivity contribution in [2.24, 2.45) is 0 Å². The van der Waals surface area contributed by atoms with Gasteiger partial charge in [-0.25, -0.2) is 9.78 Å². The molecule has 1 aliphatic carbocycles. The molecule has 1 aliphatic rings. The Labute approximate surface area is 151 Å².